The lowest BCUT2D eigenvalue weighted by molar-refractivity contribution is 0.682. The molecule has 0 aliphatic heterocycles. The molecular weight excluding hydrogens is 282 g/mol. The molecule has 2 heterocycles. The van der Waals surface area contributed by atoms with Crippen LogP contribution in [0.1, 0.15) is 18.2 Å². The van der Waals surface area contributed by atoms with Crippen LogP contribution >= 0.6 is 15.9 Å². The van der Waals surface area contributed by atoms with Crippen LogP contribution in [0.3, 0.4) is 0 Å². The van der Waals surface area contributed by atoms with Crippen molar-refractivity contribution in [2.75, 3.05) is 0 Å². The molecule has 0 fully saturated rings. The van der Waals surface area contributed by atoms with Gasteiger partial charge in [0.2, 0.25) is 0 Å². The van der Waals surface area contributed by atoms with Gasteiger partial charge in [0.05, 0.1) is 16.4 Å². The standard InChI is InChI=1S/C11H16BrN5/c1-7(13)4-10-8(2)15-16(3)11(10)17-6-9(12)5-14-17/h5-7H,4,13H2,1-3H3. The summed E-state index contributed by atoms with van der Waals surface area (Å²) < 4.78 is 4.61. The Morgan fingerprint density at radius 3 is 2.76 bits per heavy atom. The number of hydrogen-bond donors (Lipinski definition) is 1. The zero-order chi connectivity index (χ0) is 12.6. The lowest BCUT2D eigenvalue weighted by Crippen LogP contribution is -2.19. The zero-order valence-corrected chi connectivity index (χ0v) is 11.8. The Hall–Kier alpha value is -1.14. The van der Waals surface area contributed by atoms with E-state index in [1.54, 1.807) is 6.20 Å². The molecule has 2 aromatic heterocycles. The summed E-state index contributed by atoms with van der Waals surface area (Å²) in [6.07, 6.45) is 4.48. The summed E-state index contributed by atoms with van der Waals surface area (Å²) in [5.74, 6) is 0.977. The SMILES string of the molecule is Cc1nn(C)c(-n2cc(Br)cn2)c1CC(C)N. The third kappa shape index (κ3) is 2.42. The third-order valence-corrected chi connectivity index (χ3v) is 3.02. The number of nitrogens with zero attached hydrogens (tertiary/aromatic N) is 4. The number of rotatable bonds is 3. The van der Waals surface area contributed by atoms with Crippen LogP contribution in [0, 0.1) is 6.92 Å². The highest BCUT2D eigenvalue weighted by molar-refractivity contribution is 9.10. The van der Waals surface area contributed by atoms with Gasteiger partial charge in [0.1, 0.15) is 0 Å². The molecule has 1 unspecified atom stereocenters. The minimum Gasteiger partial charge on any atom is -0.328 e. The lowest BCUT2D eigenvalue weighted by atomic mass is 10.1. The monoisotopic (exact) mass is 297 g/mol. The number of halogens is 1. The molecule has 0 saturated heterocycles. The summed E-state index contributed by atoms with van der Waals surface area (Å²) in [7, 11) is 1.92. The topological polar surface area (TPSA) is 61.7 Å². The van der Waals surface area contributed by atoms with E-state index < -0.39 is 0 Å². The fraction of sp³-hybridized carbons (Fsp3) is 0.455. The maximum absolute atomic E-state index is 5.88. The van der Waals surface area contributed by atoms with Gasteiger partial charge in [-0.15, -0.1) is 0 Å². The van der Waals surface area contributed by atoms with Crippen LogP contribution in [0.15, 0.2) is 16.9 Å². The second-order valence-electron chi connectivity index (χ2n) is 4.30. The molecular formula is C11H16BrN5. The van der Waals surface area contributed by atoms with Gasteiger partial charge in [0, 0.05) is 24.8 Å². The van der Waals surface area contributed by atoms with Crippen molar-refractivity contribution in [1.82, 2.24) is 19.6 Å². The Bertz CT molecular complexity index is 526. The van der Waals surface area contributed by atoms with Crippen LogP contribution < -0.4 is 5.73 Å². The summed E-state index contributed by atoms with van der Waals surface area (Å²) in [4.78, 5) is 0. The van der Waals surface area contributed by atoms with E-state index in [1.807, 2.05) is 36.5 Å². The Morgan fingerprint density at radius 1 is 1.53 bits per heavy atom. The first kappa shape index (κ1) is 12.3. The van der Waals surface area contributed by atoms with Crippen molar-refractivity contribution < 1.29 is 0 Å². The normalized spacial score (nSPS) is 13.0. The smallest absolute Gasteiger partial charge is 0.155 e. The molecule has 0 aliphatic carbocycles. The highest BCUT2D eigenvalue weighted by Gasteiger charge is 2.16. The second kappa shape index (κ2) is 4.62. The van der Waals surface area contributed by atoms with Gasteiger partial charge < -0.3 is 5.73 Å². The first-order chi connectivity index (χ1) is 7.99. The Kier molecular flexibility index (Phi) is 3.35. The summed E-state index contributed by atoms with van der Waals surface area (Å²) >= 11 is 3.40. The average molecular weight is 298 g/mol. The molecule has 0 radical (unpaired) electrons. The minimum atomic E-state index is 0.107. The Morgan fingerprint density at radius 2 is 2.24 bits per heavy atom. The molecule has 2 aromatic rings. The number of aryl methyl sites for hydroxylation is 2. The van der Waals surface area contributed by atoms with E-state index in [4.69, 9.17) is 5.73 Å². The predicted molar refractivity (Wildman–Crippen MR) is 70.1 cm³/mol. The second-order valence-corrected chi connectivity index (χ2v) is 5.21. The van der Waals surface area contributed by atoms with Gasteiger partial charge in [0.15, 0.2) is 5.82 Å². The van der Waals surface area contributed by atoms with Gasteiger partial charge in [-0.1, -0.05) is 0 Å². The van der Waals surface area contributed by atoms with Gasteiger partial charge in [-0.25, -0.2) is 4.68 Å². The average Bonchev–Trinajstić information content (AvgIpc) is 2.72. The molecule has 0 aliphatic rings. The van der Waals surface area contributed by atoms with Gasteiger partial charge in [-0.2, -0.15) is 10.2 Å². The van der Waals surface area contributed by atoms with Crippen LogP contribution in [-0.2, 0) is 13.5 Å². The van der Waals surface area contributed by atoms with Crippen LogP contribution in [0.25, 0.3) is 5.82 Å². The van der Waals surface area contributed by atoms with Gasteiger partial charge >= 0.3 is 0 Å². The molecule has 0 amide bonds. The van der Waals surface area contributed by atoms with Crippen molar-refractivity contribution in [1.29, 1.82) is 0 Å². The van der Waals surface area contributed by atoms with E-state index in [9.17, 15) is 0 Å². The van der Waals surface area contributed by atoms with Crippen LogP contribution in [0.4, 0.5) is 0 Å². The van der Waals surface area contributed by atoms with Crippen molar-refractivity contribution in [3.8, 4) is 5.82 Å². The predicted octanol–water partition coefficient (Wildman–Crippen LogP) is 1.57. The summed E-state index contributed by atoms with van der Waals surface area (Å²) in [6, 6.07) is 0.107. The highest BCUT2D eigenvalue weighted by Crippen LogP contribution is 2.20. The first-order valence-electron chi connectivity index (χ1n) is 5.47. The quantitative estimate of drug-likeness (QED) is 0.935. The largest absolute Gasteiger partial charge is 0.328 e. The molecule has 5 nitrogen and oxygen atoms in total. The maximum atomic E-state index is 5.88. The molecule has 0 spiro atoms. The van der Waals surface area contributed by atoms with E-state index in [0.29, 0.717) is 0 Å². The lowest BCUT2D eigenvalue weighted by Gasteiger charge is -2.08. The summed E-state index contributed by atoms with van der Waals surface area (Å²) in [5.41, 5.74) is 8.04. The van der Waals surface area contributed by atoms with E-state index >= 15 is 0 Å². The zero-order valence-electron chi connectivity index (χ0n) is 10.2. The minimum absolute atomic E-state index is 0.107. The van der Waals surface area contributed by atoms with E-state index in [-0.39, 0.29) is 6.04 Å². The van der Waals surface area contributed by atoms with E-state index in [1.165, 1.54) is 0 Å². The van der Waals surface area contributed by atoms with Crippen LogP contribution in [-0.4, -0.2) is 25.6 Å². The van der Waals surface area contributed by atoms with Crippen molar-refractivity contribution in [2.24, 2.45) is 12.8 Å². The Balaban J connectivity index is 2.52. The van der Waals surface area contributed by atoms with E-state index in [0.717, 1.165) is 28.0 Å². The third-order valence-electron chi connectivity index (χ3n) is 2.61. The summed E-state index contributed by atoms with van der Waals surface area (Å²) in [5, 5.41) is 8.73. The molecule has 6 heteroatoms. The molecule has 17 heavy (non-hydrogen) atoms. The number of hydrogen-bond acceptors (Lipinski definition) is 3. The maximum Gasteiger partial charge on any atom is 0.155 e. The van der Waals surface area contributed by atoms with Crippen molar-refractivity contribution in [3.05, 3.63) is 28.1 Å². The first-order valence-corrected chi connectivity index (χ1v) is 6.27. The fourth-order valence-corrected chi connectivity index (χ4v) is 2.24. The highest BCUT2D eigenvalue weighted by atomic mass is 79.9. The van der Waals surface area contributed by atoms with Crippen LogP contribution in [0.5, 0.6) is 0 Å². The van der Waals surface area contributed by atoms with E-state index in [2.05, 4.69) is 26.1 Å². The number of nitrogens with two attached hydrogens (primary N) is 1. The number of aromatic nitrogens is 4. The molecule has 2 rings (SSSR count). The van der Waals surface area contributed by atoms with Gasteiger partial charge in [0.25, 0.3) is 0 Å². The fourth-order valence-electron chi connectivity index (χ4n) is 1.95. The Labute approximate surface area is 109 Å². The molecule has 92 valence electrons. The molecule has 2 N–H and O–H groups in total. The molecule has 0 bridgehead atoms. The molecule has 1 atom stereocenters. The molecule has 0 aromatic carbocycles. The van der Waals surface area contributed by atoms with Crippen molar-refractivity contribution in [3.63, 3.8) is 0 Å². The van der Waals surface area contributed by atoms with Crippen molar-refractivity contribution >= 4 is 15.9 Å². The van der Waals surface area contributed by atoms with Gasteiger partial charge in [-0.05, 0) is 36.2 Å². The van der Waals surface area contributed by atoms with Gasteiger partial charge in [-0.3, -0.25) is 4.68 Å². The van der Waals surface area contributed by atoms with Crippen LogP contribution in [0.2, 0.25) is 0 Å². The summed E-state index contributed by atoms with van der Waals surface area (Å²) in [6.45, 7) is 4.00. The molecule has 0 saturated carbocycles. The van der Waals surface area contributed by atoms with Crippen molar-refractivity contribution in [2.45, 2.75) is 26.3 Å².